The van der Waals surface area contributed by atoms with E-state index in [9.17, 15) is 0 Å². The number of hydrogen-bond donors (Lipinski definition) is 2. The summed E-state index contributed by atoms with van der Waals surface area (Å²) in [6, 6.07) is 0. The van der Waals surface area contributed by atoms with Gasteiger partial charge in [0.1, 0.15) is 0 Å². The first-order chi connectivity index (χ1) is 6.41. The highest BCUT2D eigenvalue weighted by Crippen LogP contribution is 1.78. The lowest BCUT2D eigenvalue weighted by atomic mass is 10.6. The van der Waals surface area contributed by atoms with E-state index in [0.717, 1.165) is 24.1 Å². The molecule has 0 aliphatic heterocycles. The summed E-state index contributed by atoms with van der Waals surface area (Å²) in [6.07, 6.45) is 0. The zero-order chi connectivity index (χ0) is 9.78. The van der Waals surface area contributed by atoms with Crippen LogP contribution in [0.2, 0.25) is 0 Å². The molecule has 0 radical (unpaired) electrons. The molecule has 0 aromatic heterocycles. The first-order valence-electron chi connectivity index (χ1n) is 4.54. The average Bonchev–Trinajstić information content (AvgIpc) is 2.16. The normalized spacial score (nSPS) is 10.6. The van der Waals surface area contributed by atoms with Crippen molar-refractivity contribution in [2.75, 3.05) is 50.5 Å². The van der Waals surface area contributed by atoms with Gasteiger partial charge in [-0.1, -0.05) is 22.6 Å². The number of nitrogens with one attached hydrogen (secondary N) is 1. The molecule has 0 atom stereocenters. The summed E-state index contributed by atoms with van der Waals surface area (Å²) in [5.74, 6) is 0. The fraction of sp³-hybridized carbons (Fsp3) is 1.00. The molecule has 0 rings (SSSR count). The summed E-state index contributed by atoms with van der Waals surface area (Å²) < 4.78 is 11.6. The fourth-order valence-corrected chi connectivity index (χ4v) is 1.12. The van der Waals surface area contributed by atoms with Crippen molar-refractivity contribution < 1.29 is 9.47 Å². The maximum atomic E-state index is 5.30. The predicted octanol–water partition coefficient (Wildman–Crippen LogP) is 0.00290. The summed E-state index contributed by atoms with van der Waals surface area (Å²) in [7, 11) is 0. The number of rotatable bonds is 10. The third kappa shape index (κ3) is 12.6. The lowest BCUT2D eigenvalue weighted by Crippen LogP contribution is -2.22. The Hall–Kier alpha value is 0.570. The summed E-state index contributed by atoms with van der Waals surface area (Å²) in [5, 5.41) is 3.24. The largest absolute Gasteiger partial charge is 0.378 e. The first kappa shape index (κ1) is 13.6. The molecule has 13 heavy (non-hydrogen) atoms. The van der Waals surface area contributed by atoms with E-state index in [-0.39, 0.29) is 0 Å². The topological polar surface area (TPSA) is 56.5 Å². The Balaban J connectivity index is 2.76. The Morgan fingerprint density at radius 2 is 1.69 bits per heavy atom. The standard InChI is InChI=1S/C8H19IN2O2/c9-1-3-11-4-6-13-8-7-12-5-2-10/h11H,1-8,10H2. The van der Waals surface area contributed by atoms with Crippen molar-refractivity contribution in [3.8, 4) is 0 Å². The molecule has 0 saturated carbocycles. The van der Waals surface area contributed by atoms with Crippen LogP contribution in [0, 0.1) is 0 Å². The third-order valence-electron chi connectivity index (χ3n) is 1.33. The van der Waals surface area contributed by atoms with Crippen LogP contribution in [0.4, 0.5) is 0 Å². The minimum Gasteiger partial charge on any atom is -0.378 e. The molecule has 4 nitrogen and oxygen atoms in total. The van der Waals surface area contributed by atoms with Gasteiger partial charge in [0.25, 0.3) is 0 Å². The van der Waals surface area contributed by atoms with E-state index in [2.05, 4.69) is 27.9 Å². The van der Waals surface area contributed by atoms with Crippen LogP contribution in [0.3, 0.4) is 0 Å². The van der Waals surface area contributed by atoms with Gasteiger partial charge in [-0.05, 0) is 0 Å². The second-order valence-electron chi connectivity index (χ2n) is 2.45. The van der Waals surface area contributed by atoms with E-state index < -0.39 is 0 Å². The summed E-state index contributed by atoms with van der Waals surface area (Å²) >= 11 is 2.34. The van der Waals surface area contributed by atoms with Crippen molar-refractivity contribution in [2.24, 2.45) is 5.73 Å². The highest BCUT2D eigenvalue weighted by Gasteiger charge is 1.89. The van der Waals surface area contributed by atoms with E-state index in [1.165, 1.54) is 0 Å². The second-order valence-corrected chi connectivity index (χ2v) is 3.53. The molecule has 0 spiro atoms. The number of halogens is 1. The van der Waals surface area contributed by atoms with Crippen molar-refractivity contribution in [1.29, 1.82) is 0 Å². The Bertz CT molecular complexity index is 86.2. The first-order valence-corrected chi connectivity index (χ1v) is 6.06. The van der Waals surface area contributed by atoms with Gasteiger partial charge in [0.15, 0.2) is 0 Å². The van der Waals surface area contributed by atoms with Crippen molar-refractivity contribution in [1.82, 2.24) is 5.32 Å². The maximum absolute atomic E-state index is 5.30. The molecule has 0 amide bonds. The molecule has 0 aromatic rings. The molecular formula is C8H19IN2O2. The van der Waals surface area contributed by atoms with Crippen LogP contribution in [0.15, 0.2) is 0 Å². The smallest absolute Gasteiger partial charge is 0.0701 e. The monoisotopic (exact) mass is 302 g/mol. The van der Waals surface area contributed by atoms with Crippen molar-refractivity contribution in [2.45, 2.75) is 0 Å². The van der Waals surface area contributed by atoms with Gasteiger partial charge in [0.05, 0.1) is 26.4 Å². The minimum atomic E-state index is 0.581. The molecule has 0 aliphatic carbocycles. The van der Waals surface area contributed by atoms with Gasteiger partial charge < -0.3 is 20.5 Å². The third-order valence-corrected chi connectivity index (χ3v) is 1.87. The van der Waals surface area contributed by atoms with Crippen LogP contribution in [0.5, 0.6) is 0 Å². The van der Waals surface area contributed by atoms with Gasteiger partial charge in [-0.15, -0.1) is 0 Å². The maximum Gasteiger partial charge on any atom is 0.0701 e. The molecule has 0 fully saturated rings. The van der Waals surface area contributed by atoms with Gasteiger partial charge in [-0.3, -0.25) is 0 Å². The average molecular weight is 302 g/mol. The summed E-state index contributed by atoms with van der Waals surface area (Å²) in [4.78, 5) is 0. The van der Waals surface area contributed by atoms with Gasteiger partial charge >= 0.3 is 0 Å². The van der Waals surface area contributed by atoms with E-state index in [4.69, 9.17) is 15.2 Å². The van der Waals surface area contributed by atoms with E-state index in [0.29, 0.717) is 26.4 Å². The molecule has 3 N–H and O–H groups in total. The minimum absolute atomic E-state index is 0.581. The number of nitrogens with two attached hydrogens (primary N) is 1. The highest BCUT2D eigenvalue weighted by molar-refractivity contribution is 14.1. The zero-order valence-electron chi connectivity index (χ0n) is 7.93. The van der Waals surface area contributed by atoms with Crippen LogP contribution in [0.1, 0.15) is 0 Å². The predicted molar refractivity (Wildman–Crippen MR) is 62.4 cm³/mol. The molecule has 0 unspecified atom stereocenters. The van der Waals surface area contributed by atoms with E-state index in [1.807, 2.05) is 0 Å². The Morgan fingerprint density at radius 3 is 2.31 bits per heavy atom. The lowest BCUT2D eigenvalue weighted by molar-refractivity contribution is 0.0520. The molecule has 80 valence electrons. The molecule has 0 saturated heterocycles. The van der Waals surface area contributed by atoms with Crippen molar-refractivity contribution >= 4 is 22.6 Å². The quantitative estimate of drug-likeness (QED) is 0.339. The number of alkyl halides is 1. The van der Waals surface area contributed by atoms with Crippen LogP contribution in [-0.4, -0.2) is 50.5 Å². The van der Waals surface area contributed by atoms with Crippen LogP contribution >= 0.6 is 22.6 Å². The molecular weight excluding hydrogens is 283 g/mol. The molecule has 0 heterocycles. The van der Waals surface area contributed by atoms with Gasteiger partial charge in [0.2, 0.25) is 0 Å². The molecule has 0 aromatic carbocycles. The van der Waals surface area contributed by atoms with Crippen molar-refractivity contribution in [3.05, 3.63) is 0 Å². The highest BCUT2D eigenvalue weighted by atomic mass is 127. The fourth-order valence-electron chi connectivity index (χ4n) is 0.741. The van der Waals surface area contributed by atoms with E-state index >= 15 is 0 Å². The number of hydrogen-bond acceptors (Lipinski definition) is 4. The summed E-state index contributed by atoms with van der Waals surface area (Å²) in [6.45, 7) is 5.22. The van der Waals surface area contributed by atoms with E-state index in [1.54, 1.807) is 0 Å². The molecule has 5 heteroatoms. The second kappa shape index (κ2) is 12.6. The van der Waals surface area contributed by atoms with Crippen molar-refractivity contribution in [3.63, 3.8) is 0 Å². The lowest BCUT2D eigenvalue weighted by Gasteiger charge is -2.05. The van der Waals surface area contributed by atoms with Crippen LogP contribution in [-0.2, 0) is 9.47 Å². The summed E-state index contributed by atoms with van der Waals surface area (Å²) in [5.41, 5.74) is 5.25. The molecule has 0 aliphatic rings. The van der Waals surface area contributed by atoms with Gasteiger partial charge in [0, 0.05) is 24.1 Å². The Labute approximate surface area is 93.7 Å². The Morgan fingerprint density at radius 1 is 1.00 bits per heavy atom. The van der Waals surface area contributed by atoms with Crippen LogP contribution < -0.4 is 11.1 Å². The SMILES string of the molecule is NCCOCCOCCNCCI. The van der Waals surface area contributed by atoms with Gasteiger partial charge in [-0.25, -0.2) is 0 Å². The van der Waals surface area contributed by atoms with Gasteiger partial charge in [-0.2, -0.15) is 0 Å². The number of ether oxygens (including phenoxy) is 2. The Kier molecular flexibility index (Phi) is 13.1. The molecule has 0 bridgehead atoms. The zero-order valence-corrected chi connectivity index (χ0v) is 10.1. The van der Waals surface area contributed by atoms with Crippen LogP contribution in [0.25, 0.3) is 0 Å².